The van der Waals surface area contributed by atoms with Gasteiger partial charge in [0, 0.05) is 34.6 Å². The minimum atomic E-state index is 0.236. The van der Waals surface area contributed by atoms with Gasteiger partial charge in [0.1, 0.15) is 10.8 Å². The second-order valence-corrected chi connectivity index (χ2v) is 6.32. The minimum Gasteiger partial charge on any atom is -0.508 e. The number of rotatable bonds is 4. The van der Waals surface area contributed by atoms with Crippen molar-refractivity contribution in [3.8, 4) is 27.6 Å². The first-order valence-electron chi connectivity index (χ1n) is 6.28. The summed E-state index contributed by atoms with van der Waals surface area (Å²) < 4.78 is 0. The van der Waals surface area contributed by atoms with E-state index in [1.165, 1.54) is 17.6 Å². The molecule has 0 spiro atoms. The van der Waals surface area contributed by atoms with Gasteiger partial charge in [-0.05, 0) is 18.2 Å². The summed E-state index contributed by atoms with van der Waals surface area (Å²) in [5, 5.41) is 24.0. The Morgan fingerprint density at radius 2 is 2.19 bits per heavy atom. The fourth-order valence-electron chi connectivity index (χ4n) is 2.02. The number of anilines is 1. The Kier molecular flexibility index (Phi) is 3.72. The number of phenolic OH excluding ortho intramolecular Hbond substituents is 1. The Bertz CT molecular complexity index is 792. The Morgan fingerprint density at radius 1 is 1.33 bits per heavy atom. The molecule has 106 valence electrons. The quantitative estimate of drug-likeness (QED) is 0.629. The molecule has 0 unspecified atom stereocenters. The van der Waals surface area contributed by atoms with Gasteiger partial charge >= 0.3 is 0 Å². The van der Waals surface area contributed by atoms with E-state index >= 15 is 0 Å². The van der Waals surface area contributed by atoms with E-state index in [1.54, 1.807) is 29.5 Å². The van der Waals surface area contributed by atoms with Crippen LogP contribution in [0.15, 0.2) is 35.7 Å². The maximum Gasteiger partial charge on any atom is 0.127 e. The topological polar surface area (TPSA) is 69.0 Å². The predicted molar refractivity (Wildman–Crippen MR) is 90.0 cm³/mol. The molecule has 3 aromatic rings. The molecule has 0 saturated carbocycles. The predicted octanol–water partition coefficient (Wildman–Crippen LogP) is 4.28. The fraction of sp³-hybridized carbons (Fsp3) is 0.0667. The van der Waals surface area contributed by atoms with Crippen molar-refractivity contribution in [1.82, 2.24) is 4.98 Å². The van der Waals surface area contributed by atoms with Gasteiger partial charge in [-0.15, -0.1) is 22.7 Å². The number of nitrogens with one attached hydrogen (secondary N) is 2. The molecule has 2 aromatic heterocycles. The summed E-state index contributed by atoms with van der Waals surface area (Å²) in [5.41, 5.74) is 2.75. The minimum absolute atomic E-state index is 0.236. The number of benzene rings is 1. The number of hydrogen-bond acceptors (Lipinski definition) is 6. The van der Waals surface area contributed by atoms with Crippen molar-refractivity contribution >= 4 is 33.9 Å². The Hall–Kier alpha value is -2.18. The molecule has 0 aliphatic rings. The highest BCUT2D eigenvalue weighted by Gasteiger charge is 2.13. The molecule has 3 N–H and O–H groups in total. The van der Waals surface area contributed by atoms with Gasteiger partial charge in [0.25, 0.3) is 0 Å². The van der Waals surface area contributed by atoms with E-state index in [-0.39, 0.29) is 5.75 Å². The molecule has 6 heteroatoms. The van der Waals surface area contributed by atoms with Gasteiger partial charge in [0.15, 0.2) is 0 Å². The zero-order valence-electron chi connectivity index (χ0n) is 11.3. The number of thiophene rings is 1. The third kappa shape index (κ3) is 2.68. The van der Waals surface area contributed by atoms with E-state index in [9.17, 15) is 5.11 Å². The molecule has 21 heavy (non-hydrogen) atoms. The van der Waals surface area contributed by atoms with Gasteiger partial charge < -0.3 is 15.8 Å². The summed E-state index contributed by atoms with van der Waals surface area (Å²) in [5.74, 6) is 0.236. The zero-order valence-corrected chi connectivity index (χ0v) is 12.9. The first kappa shape index (κ1) is 13.8. The Morgan fingerprint density at radius 3 is 2.90 bits per heavy atom. The molecule has 0 bridgehead atoms. The van der Waals surface area contributed by atoms with Crippen molar-refractivity contribution in [2.75, 3.05) is 12.4 Å². The van der Waals surface area contributed by atoms with Gasteiger partial charge in [-0.2, -0.15) is 0 Å². The second kappa shape index (κ2) is 5.67. The third-order valence-corrected chi connectivity index (χ3v) is 4.97. The van der Waals surface area contributed by atoms with Crippen LogP contribution in [0.1, 0.15) is 4.88 Å². The summed E-state index contributed by atoms with van der Waals surface area (Å²) in [6, 6.07) is 9.04. The summed E-state index contributed by atoms with van der Waals surface area (Å²) in [4.78, 5) is 5.54. The first-order chi connectivity index (χ1) is 10.2. The van der Waals surface area contributed by atoms with Crippen molar-refractivity contribution in [2.45, 2.75) is 0 Å². The molecular formula is C15H13N3OS2. The van der Waals surface area contributed by atoms with Gasteiger partial charge in [0.2, 0.25) is 0 Å². The standard InChI is InChI=1S/C15H13N3OS2/c1-17-14-12(6-11(7-16)21-14)15-18-13(8-20-15)9-3-2-4-10(19)5-9/h2-8,16-17,19H,1H3. The Labute approximate surface area is 130 Å². The highest BCUT2D eigenvalue weighted by Crippen LogP contribution is 2.38. The molecular weight excluding hydrogens is 302 g/mol. The van der Waals surface area contributed by atoms with Crippen molar-refractivity contribution in [3.05, 3.63) is 40.6 Å². The van der Waals surface area contributed by atoms with E-state index < -0.39 is 0 Å². The van der Waals surface area contributed by atoms with Crippen molar-refractivity contribution < 1.29 is 5.11 Å². The monoisotopic (exact) mass is 315 g/mol. The molecule has 2 heterocycles. The van der Waals surface area contributed by atoms with Gasteiger partial charge in [-0.1, -0.05) is 12.1 Å². The maximum absolute atomic E-state index is 9.56. The van der Waals surface area contributed by atoms with Gasteiger partial charge in [-0.25, -0.2) is 4.98 Å². The van der Waals surface area contributed by atoms with Crippen molar-refractivity contribution in [1.29, 1.82) is 5.41 Å². The lowest BCUT2D eigenvalue weighted by Crippen LogP contribution is -1.86. The largest absolute Gasteiger partial charge is 0.508 e. The van der Waals surface area contributed by atoms with E-state index in [1.807, 2.05) is 24.6 Å². The molecule has 0 radical (unpaired) electrons. The van der Waals surface area contributed by atoms with Crippen LogP contribution in [0.2, 0.25) is 0 Å². The molecule has 0 fully saturated rings. The highest BCUT2D eigenvalue weighted by atomic mass is 32.1. The normalized spacial score (nSPS) is 10.5. The molecule has 0 saturated heterocycles. The van der Waals surface area contributed by atoms with E-state index in [0.29, 0.717) is 0 Å². The van der Waals surface area contributed by atoms with E-state index in [2.05, 4.69) is 10.3 Å². The van der Waals surface area contributed by atoms with Crippen LogP contribution < -0.4 is 5.32 Å². The smallest absolute Gasteiger partial charge is 0.127 e. The summed E-state index contributed by atoms with van der Waals surface area (Å²) in [7, 11) is 1.87. The molecule has 0 amide bonds. The maximum atomic E-state index is 9.56. The van der Waals surface area contributed by atoms with Crippen LogP contribution in [0.25, 0.3) is 21.8 Å². The van der Waals surface area contributed by atoms with E-state index in [4.69, 9.17) is 5.41 Å². The molecule has 0 aliphatic heterocycles. The summed E-state index contributed by atoms with van der Waals surface area (Å²) in [6.07, 6.45) is 1.35. The number of aromatic nitrogens is 1. The van der Waals surface area contributed by atoms with Crippen LogP contribution in [-0.2, 0) is 0 Å². The molecule has 4 nitrogen and oxygen atoms in total. The average Bonchev–Trinajstić information content (AvgIpc) is 3.13. The number of thiazole rings is 1. The fourth-order valence-corrected chi connectivity index (χ4v) is 3.78. The lowest BCUT2D eigenvalue weighted by molar-refractivity contribution is 0.475. The van der Waals surface area contributed by atoms with Crippen molar-refractivity contribution in [3.63, 3.8) is 0 Å². The second-order valence-electron chi connectivity index (χ2n) is 4.37. The number of hydrogen-bond donors (Lipinski definition) is 3. The lowest BCUT2D eigenvalue weighted by atomic mass is 10.1. The van der Waals surface area contributed by atoms with Crippen LogP contribution in [0.5, 0.6) is 5.75 Å². The molecule has 3 rings (SSSR count). The molecule has 1 aromatic carbocycles. The van der Waals surface area contributed by atoms with Crippen LogP contribution in [0.3, 0.4) is 0 Å². The van der Waals surface area contributed by atoms with Crippen LogP contribution in [0.4, 0.5) is 5.00 Å². The van der Waals surface area contributed by atoms with Gasteiger partial charge in [-0.3, -0.25) is 0 Å². The van der Waals surface area contributed by atoms with Gasteiger partial charge in [0.05, 0.1) is 10.7 Å². The number of phenols is 1. The summed E-state index contributed by atoms with van der Waals surface area (Å²) >= 11 is 3.09. The highest BCUT2D eigenvalue weighted by molar-refractivity contribution is 7.19. The first-order valence-corrected chi connectivity index (χ1v) is 7.98. The lowest BCUT2D eigenvalue weighted by Gasteiger charge is -1.99. The summed E-state index contributed by atoms with van der Waals surface area (Å²) in [6.45, 7) is 0. The van der Waals surface area contributed by atoms with Crippen LogP contribution >= 0.6 is 22.7 Å². The SMILES string of the molecule is CNc1sc(C=N)cc1-c1nc(-c2cccc(O)c2)cs1. The Balaban J connectivity index is 2.02. The zero-order chi connectivity index (χ0) is 14.8. The molecule has 0 atom stereocenters. The average molecular weight is 315 g/mol. The molecule has 0 aliphatic carbocycles. The van der Waals surface area contributed by atoms with Crippen LogP contribution in [-0.4, -0.2) is 23.4 Å². The number of aromatic hydroxyl groups is 1. The van der Waals surface area contributed by atoms with Crippen LogP contribution in [0, 0.1) is 5.41 Å². The number of nitrogens with zero attached hydrogens (tertiary/aromatic N) is 1. The third-order valence-electron chi connectivity index (χ3n) is 3.00. The van der Waals surface area contributed by atoms with Crippen molar-refractivity contribution in [2.24, 2.45) is 0 Å². The van der Waals surface area contributed by atoms with E-state index in [0.717, 1.165) is 31.7 Å².